The summed E-state index contributed by atoms with van der Waals surface area (Å²) in [5, 5.41) is 0. The smallest absolute Gasteiger partial charge is 0.126 e. The first-order valence-electron chi connectivity index (χ1n) is 9.11. The van der Waals surface area contributed by atoms with Gasteiger partial charge in [0.15, 0.2) is 0 Å². The molecule has 1 heterocycles. The molecule has 134 valence electrons. The van der Waals surface area contributed by atoms with Crippen LogP contribution < -0.4 is 9.47 Å². The van der Waals surface area contributed by atoms with Gasteiger partial charge in [0, 0.05) is 19.1 Å². The average Bonchev–Trinajstić information content (AvgIpc) is 2.86. The van der Waals surface area contributed by atoms with E-state index in [1.54, 1.807) is 0 Å². The van der Waals surface area contributed by atoms with Gasteiger partial charge in [-0.05, 0) is 71.6 Å². The molecule has 3 heteroatoms. The van der Waals surface area contributed by atoms with Gasteiger partial charge in [-0.3, -0.25) is 0 Å². The first kappa shape index (κ1) is 18.9. The fourth-order valence-corrected chi connectivity index (χ4v) is 3.11. The van der Waals surface area contributed by atoms with Gasteiger partial charge in [0.1, 0.15) is 24.2 Å². The molecule has 0 amide bonds. The lowest BCUT2D eigenvalue weighted by Crippen LogP contribution is -2.24. The molecule has 0 aliphatic carbocycles. The second kappa shape index (κ2) is 8.57. The fraction of sp³-hybridized carbons (Fsp3) is 0.619. The fourth-order valence-electron chi connectivity index (χ4n) is 3.11. The molecule has 1 aromatic rings. The van der Waals surface area contributed by atoms with E-state index in [-0.39, 0.29) is 11.7 Å². The molecule has 1 aliphatic heterocycles. The van der Waals surface area contributed by atoms with E-state index in [0.29, 0.717) is 6.61 Å². The summed E-state index contributed by atoms with van der Waals surface area (Å²) >= 11 is 0. The summed E-state index contributed by atoms with van der Waals surface area (Å²) < 4.78 is 17.4. The first-order chi connectivity index (χ1) is 11.4. The van der Waals surface area contributed by atoms with Crippen molar-refractivity contribution in [3.8, 4) is 11.5 Å². The van der Waals surface area contributed by atoms with Crippen molar-refractivity contribution in [2.75, 3.05) is 13.2 Å². The van der Waals surface area contributed by atoms with E-state index >= 15 is 0 Å². The Morgan fingerprint density at radius 3 is 2.92 bits per heavy atom. The molecule has 2 rings (SSSR count). The van der Waals surface area contributed by atoms with E-state index in [4.69, 9.17) is 14.2 Å². The molecule has 0 saturated carbocycles. The lowest BCUT2D eigenvalue weighted by atomic mass is 9.99. The van der Waals surface area contributed by atoms with E-state index in [1.165, 1.54) is 11.1 Å². The molecule has 0 saturated heterocycles. The predicted octanol–water partition coefficient (Wildman–Crippen LogP) is 5.32. The summed E-state index contributed by atoms with van der Waals surface area (Å²) in [4.78, 5) is 0. The van der Waals surface area contributed by atoms with Crippen molar-refractivity contribution in [3.63, 3.8) is 0 Å². The number of hydrogen-bond acceptors (Lipinski definition) is 3. The number of allylic oxidation sites excluding steroid dienone is 1. The lowest BCUT2D eigenvalue weighted by molar-refractivity contribution is -0.0173. The summed E-state index contributed by atoms with van der Waals surface area (Å²) in [6.07, 6.45) is 6.74. The number of rotatable bonds is 9. The summed E-state index contributed by atoms with van der Waals surface area (Å²) in [6.45, 7) is 12.0. The van der Waals surface area contributed by atoms with E-state index < -0.39 is 0 Å². The average molecular weight is 332 g/mol. The molecule has 0 bridgehead atoms. The largest absolute Gasteiger partial charge is 0.490 e. The third-order valence-electron chi connectivity index (χ3n) is 4.44. The van der Waals surface area contributed by atoms with Gasteiger partial charge >= 0.3 is 0 Å². The first-order valence-corrected chi connectivity index (χ1v) is 9.11. The summed E-state index contributed by atoms with van der Waals surface area (Å²) in [5.41, 5.74) is 2.62. The Hall–Kier alpha value is -1.48. The number of hydrogen-bond donors (Lipinski definition) is 0. The van der Waals surface area contributed by atoms with Gasteiger partial charge in [-0.2, -0.15) is 0 Å². The normalized spacial score (nSPS) is 17.5. The van der Waals surface area contributed by atoms with Crippen LogP contribution in [0.3, 0.4) is 0 Å². The molecule has 1 aromatic carbocycles. The highest BCUT2D eigenvalue weighted by Crippen LogP contribution is 2.32. The Morgan fingerprint density at radius 1 is 1.38 bits per heavy atom. The summed E-state index contributed by atoms with van der Waals surface area (Å²) in [5.74, 6) is 1.85. The standard InChI is InChI=1S/C21H32O3/c1-6-23-21(4,5)12-7-8-16(2)11-13-22-19-10-9-18-14-17(3)24-20(18)15-19/h9-11,15,17H,6-8,12-14H2,1-5H3. The second-order valence-electron chi connectivity index (χ2n) is 7.31. The molecule has 0 spiro atoms. The van der Waals surface area contributed by atoms with Crippen LogP contribution >= 0.6 is 0 Å². The van der Waals surface area contributed by atoms with Crippen LogP contribution in [0.5, 0.6) is 11.5 Å². The van der Waals surface area contributed by atoms with Crippen LogP contribution in [0.2, 0.25) is 0 Å². The molecule has 3 nitrogen and oxygen atoms in total. The van der Waals surface area contributed by atoms with E-state index in [9.17, 15) is 0 Å². The predicted molar refractivity (Wildman–Crippen MR) is 99.0 cm³/mol. The molecule has 24 heavy (non-hydrogen) atoms. The molecular formula is C21H32O3. The van der Waals surface area contributed by atoms with Crippen molar-refractivity contribution < 1.29 is 14.2 Å². The molecule has 1 aliphatic rings. The van der Waals surface area contributed by atoms with Crippen LogP contribution in [0.25, 0.3) is 0 Å². The zero-order chi connectivity index (χ0) is 17.6. The van der Waals surface area contributed by atoms with E-state index in [1.807, 2.05) is 12.1 Å². The summed E-state index contributed by atoms with van der Waals surface area (Å²) in [7, 11) is 0. The van der Waals surface area contributed by atoms with Gasteiger partial charge in [-0.15, -0.1) is 0 Å². The van der Waals surface area contributed by atoms with Crippen molar-refractivity contribution in [1.82, 2.24) is 0 Å². The lowest BCUT2D eigenvalue weighted by Gasteiger charge is -2.24. The Labute approximate surface area is 147 Å². The number of ether oxygens (including phenoxy) is 3. The zero-order valence-electron chi connectivity index (χ0n) is 15.9. The monoisotopic (exact) mass is 332 g/mol. The number of fused-ring (bicyclic) bond motifs is 1. The van der Waals surface area contributed by atoms with Crippen molar-refractivity contribution >= 4 is 0 Å². The maximum Gasteiger partial charge on any atom is 0.126 e. The molecule has 1 atom stereocenters. The molecular weight excluding hydrogens is 300 g/mol. The van der Waals surface area contributed by atoms with Gasteiger partial charge in [-0.1, -0.05) is 11.6 Å². The van der Waals surface area contributed by atoms with Gasteiger partial charge in [-0.25, -0.2) is 0 Å². The van der Waals surface area contributed by atoms with Crippen molar-refractivity contribution in [3.05, 3.63) is 35.4 Å². The van der Waals surface area contributed by atoms with E-state index in [0.717, 1.165) is 43.8 Å². The van der Waals surface area contributed by atoms with Crippen molar-refractivity contribution in [2.24, 2.45) is 0 Å². The molecule has 0 N–H and O–H groups in total. The maximum absolute atomic E-state index is 5.84. The van der Waals surface area contributed by atoms with Crippen molar-refractivity contribution in [1.29, 1.82) is 0 Å². The van der Waals surface area contributed by atoms with Gasteiger partial charge in [0.25, 0.3) is 0 Å². The molecule has 0 fully saturated rings. The zero-order valence-corrected chi connectivity index (χ0v) is 15.9. The topological polar surface area (TPSA) is 27.7 Å². The highest BCUT2D eigenvalue weighted by molar-refractivity contribution is 5.43. The van der Waals surface area contributed by atoms with Crippen LogP contribution in [0.4, 0.5) is 0 Å². The van der Waals surface area contributed by atoms with Gasteiger partial charge < -0.3 is 14.2 Å². The highest BCUT2D eigenvalue weighted by Gasteiger charge is 2.19. The Morgan fingerprint density at radius 2 is 2.17 bits per heavy atom. The second-order valence-corrected chi connectivity index (χ2v) is 7.31. The minimum absolute atomic E-state index is 0.0208. The molecule has 0 radical (unpaired) electrons. The van der Waals surface area contributed by atoms with Crippen molar-refractivity contribution in [2.45, 2.75) is 72.0 Å². The third-order valence-corrected chi connectivity index (χ3v) is 4.44. The quantitative estimate of drug-likeness (QED) is 0.573. The third kappa shape index (κ3) is 5.86. The summed E-state index contributed by atoms with van der Waals surface area (Å²) in [6, 6.07) is 6.15. The molecule has 1 unspecified atom stereocenters. The van der Waals surface area contributed by atoms with Crippen LogP contribution in [0, 0.1) is 0 Å². The minimum atomic E-state index is -0.0208. The number of benzene rings is 1. The SMILES string of the molecule is CCOC(C)(C)CCCC(C)=CCOc1ccc2c(c1)OC(C)C2. The minimum Gasteiger partial charge on any atom is -0.490 e. The maximum atomic E-state index is 5.84. The Bertz CT molecular complexity index is 560. The van der Waals surface area contributed by atoms with E-state index in [2.05, 4.69) is 46.8 Å². The van der Waals surface area contributed by atoms with Crippen LogP contribution in [0.1, 0.15) is 59.4 Å². The Kier molecular flexibility index (Phi) is 6.73. The highest BCUT2D eigenvalue weighted by atomic mass is 16.5. The van der Waals surface area contributed by atoms with Crippen LogP contribution in [-0.4, -0.2) is 24.9 Å². The van der Waals surface area contributed by atoms with Gasteiger partial charge in [0.2, 0.25) is 0 Å². The van der Waals surface area contributed by atoms with Gasteiger partial charge in [0.05, 0.1) is 5.60 Å². The Balaban J connectivity index is 1.73. The van der Waals surface area contributed by atoms with Crippen LogP contribution in [0.15, 0.2) is 29.8 Å². The molecule has 0 aromatic heterocycles. The van der Waals surface area contributed by atoms with Crippen LogP contribution in [-0.2, 0) is 11.2 Å².